The van der Waals surface area contributed by atoms with Crippen LogP contribution in [-0.4, -0.2) is 11.1 Å². The Morgan fingerprint density at radius 1 is 1.24 bits per heavy atom. The van der Waals surface area contributed by atoms with Crippen molar-refractivity contribution in [3.8, 4) is 0 Å². The number of aliphatic carboxylic acids is 1. The van der Waals surface area contributed by atoms with Crippen molar-refractivity contribution in [2.24, 2.45) is 11.8 Å². The lowest BCUT2D eigenvalue weighted by molar-refractivity contribution is -0.138. The van der Waals surface area contributed by atoms with Crippen LogP contribution in [0, 0.1) is 11.8 Å². The number of carboxylic acids is 1. The average molecular weight is 232 g/mol. The molecule has 1 aromatic rings. The second-order valence-corrected chi connectivity index (χ2v) is 5.50. The van der Waals surface area contributed by atoms with Crippen molar-refractivity contribution in [2.45, 2.75) is 39.5 Å². The Morgan fingerprint density at radius 3 is 2.47 bits per heavy atom. The first-order valence-corrected chi connectivity index (χ1v) is 6.33. The molecule has 0 radical (unpaired) electrons. The van der Waals surface area contributed by atoms with E-state index in [4.69, 9.17) is 5.11 Å². The summed E-state index contributed by atoms with van der Waals surface area (Å²) in [6.07, 6.45) is 2.25. The molecule has 0 saturated heterocycles. The summed E-state index contributed by atoms with van der Waals surface area (Å²) in [7, 11) is 0. The van der Waals surface area contributed by atoms with Crippen molar-refractivity contribution in [1.82, 2.24) is 0 Å². The van der Waals surface area contributed by atoms with Gasteiger partial charge in [-0.3, -0.25) is 4.79 Å². The Morgan fingerprint density at radius 2 is 1.88 bits per heavy atom. The number of fused-ring (bicyclic) bond motifs is 1. The van der Waals surface area contributed by atoms with Gasteiger partial charge in [0.05, 0.1) is 5.92 Å². The SMILES string of the molecule is CC(C)[C@@H]1Cc2ccc([C@H](C)C(=O)O)cc2C1. The molecule has 2 atom stereocenters. The third kappa shape index (κ3) is 2.36. The second-order valence-electron chi connectivity index (χ2n) is 5.50. The Bertz CT molecular complexity index is 435. The largest absolute Gasteiger partial charge is 0.481 e. The van der Waals surface area contributed by atoms with Gasteiger partial charge < -0.3 is 5.11 Å². The summed E-state index contributed by atoms with van der Waals surface area (Å²) in [5, 5.41) is 9.02. The summed E-state index contributed by atoms with van der Waals surface area (Å²) in [6.45, 7) is 6.27. The molecule has 2 nitrogen and oxygen atoms in total. The normalized spacial score (nSPS) is 20.4. The summed E-state index contributed by atoms with van der Waals surface area (Å²) in [6, 6.07) is 6.18. The fourth-order valence-electron chi connectivity index (χ4n) is 2.56. The zero-order chi connectivity index (χ0) is 12.6. The molecule has 0 unspecified atom stereocenters. The number of hydrogen-bond donors (Lipinski definition) is 1. The Hall–Kier alpha value is -1.31. The van der Waals surface area contributed by atoms with E-state index in [1.54, 1.807) is 6.92 Å². The van der Waals surface area contributed by atoms with Gasteiger partial charge in [-0.25, -0.2) is 0 Å². The minimum Gasteiger partial charge on any atom is -0.481 e. The van der Waals surface area contributed by atoms with Gasteiger partial charge in [-0.1, -0.05) is 32.0 Å². The summed E-state index contributed by atoms with van der Waals surface area (Å²) >= 11 is 0. The molecule has 1 aliphatic carbocycles. The first-order valence-electron chi connectivity index (χ1n) is 6.33. The molecule has 0 amide bonds. The van der Waals surface area contributed by atoms with Gasteiger partial charge in [0.2, 0.25) is 0 Å². The quantitative estimate of drug-likeness (QED) is 0.868. The molecule has 0 saturated carbocycles. The zero-order valence-electron chi connectivity index (χ0n) is 10.7. The Balaban J connectivity index is 2.24. The fourth-order valence-corrected chi connectivity index (χ4v) is 2.56. The first-order chi connectivity index (χ1) is 7.99. The van der Waals surface area contributed by atoms with Gasteiger partial charge in [-0.15, -0.1) is 0 Å². The van der Waals surface area contributed by atoms with Crippen LogP contribution in [0.15, 0.2) is 18.2 Å². The van der Waals surface area contributed by atoms with Crippen LogP contribution in [-0.2, 0) is 17.6 Å². The number of carboxylic acid groups (broad SMARTS) is 1. The number of hydrogen-bond acceptors (Lipinski definition) is 1. The van der Waals surface area contributed by atoms with Crippen molar-refractivity contribution >= 4 is 5.97 Å². The molecular formula is C15H20O2. The highest BCUT2D eigenvalue weighted by Gasteiger charge is 2.25. The predicted molar refractivity (Wildman–Crippen MR) is 68.2 cm³/mol. The highest BCUT2D eigenvalue weighted by Crippen LogP contribution is 2.33. The summed E-state index contributed by atoms with van der Waals surface area (Å²) in [5.74, 6) is 0.268. The van der Waals surface area contributed by atoms with E-state index in [2.05, 4.69) is 26.0 Å². The maximum Gasteiger partial charge on any atom is 0.310 e. The average Bonchev–Trinajstić information content (AvgIpc) is 2.70. The van der Waals surface area contributed by atoms with Gasteiger partial charge in [-0.2, -0.15) is 0 Å². The molecule has 1 aromatic carbocycles. The minimum atomic E-state index is -0.747. The molecule has 0 spiro atoms. The van der Waals surface area contributed by atoms with E-state index >= 15 is 0 Å². The Labute approximate surface area is 103 Å². The first kappa shape index (κ1) is 12.2. The van der Waals surface area contributed by atoms with Gasteiger partial charge in [0.1, 0.15) is 0 Å². The number of benzene rings is 1. The van der Waals surface area contributed by atoms with E-state index in [-0.39, 0.29) is 0 Å². The van der Waals surface area contributed by atoms with Gasteiger partial charge in [-0.05, 0) is 48.3 Å². The summed E-state index contributed by atoms with van der Waals surface area (Å²) < 4.78 is 0. The fraction of sp³-hybridized carbons (Fsp3) is 0.533. The number of carbonyl (C=O) groups is 1. The summed E-state index contributed by atoms with van der Waals surface area (Å²) in [5.41, 5.74) is 3.69. The molecule has 0 fully saturated rings. The van der Waals surface area contributed by atoms with Crippen molar-refractivity contribution in [3.05, 3.63) is 34.9 Å². The van der Waals surface area contributed by atoms with Gasteiger partial charge in [0.15, 0.2) is 0 Å². The van der Waals surface area contributed by atoms with E-state index in [1.807, 2.05) is 6.07 Å². The molecule has 2 rings (SSSR count). The lowest BCUT2D eigenvalue weighted by Crippen LogP contribution is -2.08. The van der Waals surface area contributed by atoms with Crippen LogP contribution in [0.4, 0.5) is 0 Å². The Kier molecular flexibility index (Phi) is 3.23. The monoisotopic (exact) mass is 232 g/mol. The van der Waals surface area contributed by atoms with Crippen LogP contribution in [0.2, 0.25) is 0 Å². The van der Waals surface area contributed by atoms with Crippen LogP contribution in [0.3, 0.4) is 0 Å². The molecule has 1 N–H and O–H groups in total. The van der Waals surface area contributed by atoms with Crippen LogP contribution >= 0.6 is 0 Å². The zero-order valence-corrected chi connectivity index (χ0v) is 10.7. The standard InChI is InChI=1S/C15H20O2/c1-9(2)13-7-12-5-4-11(6-14(12)8-13)10(3)15(16)17/h4-6,9-10,13H,7-8H2,1-3H3,(H,16,17)/t10-,13+/m0/s1. The highest BCUT2D eigenvalue weighted by atomic mass is 16.4. The highest BCUT2D eigenvalue weighted by molar-refractivity contribution is 5.75. The van der Waals surface area contributed by atoms with Crippen molar-refractivity contribution in [3.63, 3.8) is 0 Å². The van der Waals surface area contributed by atoms with E-state index in [9.17, 15) is 4.79 Å². The lowest BCUT2D eigenvalue weighted by Gasteiger charge is -2.12. The van der Waals surface area contributed by atoms with E-state index in [0.29, 0.717) is 5.92 Å². The molecule has 0 bridgehead atoms. The van der Waals surface area contributed by atoms with Crippen LogP contribution < -0.4 is 0 Å². The molecule has 2 heteroatoms. The van der Waals surface area contributed by atoms with Crippen LogP contribution in [0.25, 0.3) is 0 Å². The third-order valence-electron chi connectivity index (χ3n) is 4.01. The molecule has 17 heavy (non-hydrogen) atoms. The topological polar surface area (TPSA) is 37.3 Å². The molecule has 0 heterocycles. The third-order valence-corrected chi connectivity index (χ3v) is 4.01. The van der Waals surface area contributed by atoms with E-state index in [0.717, 1.165) is 24.3 Å². The minimum absolute atomic E-state index is 0.404. The maximum atomic E-state index is 11.0. The molecule has 92 valence electrons. The summed E-state index contributed by atoms with van der Waals surface area (Å²) in [4.78, 5) is 11.0. The molecule has 1 aliphatic rings. The second kappa shape index (κ2) is 4.52. The van der Waals surface area contributed by atoms with Crippen LogP contribution in [0.5, 0.6) is 0 Å². The van der Waals surface area contributed by atoms with Crippen molar-refractivity contribution in [2.75, 3.05) is 0 Å². The molecule has 0 aliphatic heterocycles. The van der Waals surface area contributed by atoms with Crippen molar-refractivity contribution in [1.29, 1.82) is 0 Å². The van der Waals surface area contributed by atoms with Crippen molar-refractivity contribution < 1.29 is 9.90 Å². The molecular weight excluding hydrogens is 212 g/mol. The molecule has 0 aromatic heterocycles. The van der Waals surface area contributed by atoms with Gasteiger partial charge >= 0.3 is 5.97 Å². The predicted octanol–water partition coefficient (Wildman–Crippen LogP) is 3.25. The van der Waals surface area contributed by atoms with E-state index in [1.165, 1.54) is 11.1 Å². The number of rotatable bonds is 3. The van der Waals surface area contributed by atoms with E-state index < -0.39 is 11.9 Å². The van der Waals surface area contributed by atoms with Gasteiger partial charge in [0.25, 0.3) is 0 Å². The smallest absolute Gasteiger partial charge is 0.310 e. The van der Waals surface area contributed by atoms with Gasteiger partial charge in [0, 0.05) is 0 Å². The van der Waals surface area contributed by atoms with Crippen LogP contribution in [0.1, 0.15) is 43.4 Å². The lowest BCUT2D eigenvalue weighted by atomic mass is 9.93. The maximum absolute atomic E-state index is 11.0.